The van der Waals surface area contributed by atoms with Gasteiger partial charge >= 0.3 is 0 Å². The summed E-state index contributed by atoms with van der Waals surface area (Å²) in [7, 11) is 0. The largest absolute Gasteiger partial charge is 0.368 e. The Morgan fingerprint density at radius 1 is 1.20 bits per heavy atom. The quantitative estimate of drug-likeness (QED) is 0.906. The van der Waals surface area contributed by atoms with Gasteiger partial charge in [-0.1, -0.05) is 6.92 Å². The fourth-order valence-corrected chi connectivity index (χ4v) is 3.71. The minimum absolute atomic E-state index is 0.160. The summed E-state index contributed by atoms with van der Waals surface area (Å²) >= 11 is 0. The number of rotatable bonds is 4. The van der Waals surface area contributed by atoms with Gasteiger partial charge in [-0.15, -0.1) is 0 Å². The van der Waals surface area contributed by atoms with Crippen molar-refractivity contribution in [2.75, 3.05) is 25.0 Å². The summed E-state index contributed by atoms with van der Waals surface area (Å²) in [5.74, 6) is 2.07. The van der Waals surface area contributed by atoms with Crippen LogP contribution in [0, 0.1) is 0 Å². The predicted molar refractivity (Wildman–Crippen MR) is 95.6 cm³/mol. The molecule has 2 fully saturated rings. The van der Waals surface area contributed by atoms with Crippen LogP contribution in [0.15, 0.2) is 0 Å². The number of carbonyl (C=O) groups is 1. The Hall–Kier alpha value is -1.69. The number of aromatic nitrogens is 2. The van der Waals surface area contributed by atoms with E-state index < -0.39 is 0 Å². The number of nitrogens with zero attached hydrogens (tertiary/aromatic N) is 3. The fourth-order valence-electron chi connectivity index (χ4n) is 3.71. The highest BCUT2D eigenvalue weighted by atomic mass is 16.5. The highest BCUT2D eigenvalue weighted by Crippen LogP contribution is 2.29. The van der Waals surface area contributed by atoms with Crippen LogP contribution in [-0.2, 0) is 28.8 Å². The van der Waals surface area contributed by atoms with Crippen molar-refractivity contribution in [3.05, 3.63) is 17.1 Å². The lowest BCUT2D eigenvalue weighted by Gasteiger charge is -2.28. The molecular weight excluding hydrogens is 316 g/mol. The first kappa shape index (κ1) is 16.8. The second-order valence-corrected chi connectivity index (χ2v) is 7.37. The maximum Gasteiger partial charge on any atom is 0.251 e. The average molecular weight is 344 g/mol. The van der Waals surface area contributed by atoms with Gasteiger partial charge in [0.2, 0.25) is 0 Å². The lowest BCUT2D eigenvalue weighted by Crippen LogP contribution is -2.43. The van der Waals surface area contributed by atoms with Crippen molar-refractivity contribution in [3.63, 3.8) is 0 Å². The van der Waals surface area contributed by atoms with Gasteiger partial charge in [-0.3, -0.25) is 4.79 Å². The van der Waals surface area contributed by atoms with E-state index >= 15 is 0 Å². The van der Waals surface area contributed by atoms with Gasteiger partial charge in [-0.25, -0.2) is 9.97 Å². The van der Waals surface area contributed by atoms with Crippen LogP contribution in [0.2, 0.25) is 0 Å². The standard InChI is InChI=1S/C19H28N4O2/c1-2-17-21-15-9-11-23(19(24)16-5-3-4-12-25-16)10-8-14(15)18(22-17)20-13-6-7-13/h13,16H,2-12H2,1H3,(H,20,21,22)/t16-/m0/s1. The molecule has 6 nitrogen and oxygen atoms in total. The van der Waals surface area contributed by atoms with E-state index in [-0.39, 0.29) is 12.0 Å². The van der Waals surface area contributed by atoms with Crippen molar-refractivity contribution < 1.29 is 9.53 Å². The van der Waals surface area contributed by atoms with Crippen molar-refractivity contribution in [2.24, 2.45) is 0 Å². The van der Waals surface area contributed by atoms with Crippen LogP contribution >= 0.6 is 0 Å². The van der Waals surface area contributed by atoms with Crippen molar-refractivity contribution in [1.29, 1.82) is 0 Å². The van der Waals surface area contributed by atoms with Gasteiger partial charge in [0.15, 0.2) is 0 Å². The first-order valence-corrected chi connectivity index (χ1v) is 9.80. The molecule has 4 rings (SSSR count). The molecule has 1 aliphatic carbocycles. The molecule has 1 saturated heterocycles. The molecule has 1 atom stereocenters. The maximum absolute atomic E-state index is 12.8. The Morgan fingerprint density at radius 3 is 2.76 bits per heavy atom. The van der Waals surface area contributed by atoms with E-state index in [4.69, 9.17) is 14.7 Å². The van der Waals surface area contributed by atoms with Crippen LogP contribution in [-0.4, -0.2) is 52.6 Å². The van der Waals surface area contributed by atoms with E-state index in [0.29, 0.717) is 12.6 Å². The third-order valence-corrected chi connectivity index (χ3v) is 5.39. The number of hydrogen-bond acceptors (Lipinski definition) is 5. The summed E-state index contributed by atoms with van der Waals surface area (Å²) in [5, 5.41) is 3.57. The summed E-state index contributed by atoms with van der Waals surface area (Å²) in [4.78, 5) is 24.3. The molecule has 0 unspecified atom stereocenters. The first-order chi connectivity index (χ1) is 12.2. The number of fused-ring (bicyclic) bond motifs is 1. The van der Waals surface area contributed by atoms with E-state index in [9.17, 15) is 4.79 Å². The Labute approximate surface area is 149 Å². The number of amides is 1. The zero-order valence-electron chi connectivity index (χ0n) is 15.1. The number of hydrogen-bond donors (Lipinski definition) is 1. The summed E-state index contributed by atoms with van der Waals surface area (Å²) in [5.41, 5.74) is 2.33. The van der Waals surface area contributed by atoms with E-state index in [1.54, 1.807) is 0 Å². The second kappa shape index (κ2) is 7.28. The van der Waals surface area contributed by atoms with E-state index in [0.717, 1.165) is 69.0 Å². The monoisotopic (exact) mass is 344 g/mol. The highest BCUT2D eigenvalue weighted by molar-refractivity contribution is 5.81. The minimum Gasteiger partial charge on any atom is -0.368 e. The summed E-state index contributed by atoms with van der Waals surface area (Å²) in [6.07, 6.45) is 7.70. The normalized spacial score (nSPS) is 23.7. The second-order valence-electron chi connectivity index (χ2n) is 7.37. The van der Waals surface area contributed by atoms with E-state index in [1.165, 1.54) is 18.4 Å². The van der Waals surface area contributed by atoms with E-state index in [1.807, 2.05) is 4.90 Å². The molecule has 1 N–H and O–H groups in total. The molecule has 2 aliphatic heterocycles. The average Bonchev–Trinajstić information content (AvgIpc) is 3.48. The van der Waals surface area contributed by atoms with Crippen molar-refractivity contribution in [3.8, 4) is 0 Å². The van der Waals surface area contributed by atoms with Gasteiger partial charge in [0.05, 0.1) is 5.69 Å². The van der Waals surface area contributed by atoms with E-state index in [2.05, 4.69) is 12.2 Å². The first-order valence-electron chi connectivity index (χ1n) is 9.80. The Morgan fingerprint density at radius 2 is 2.04 bits per heavy atom. The van der Waals surface area contributed by atoms with Crippen LogP contribution in [0.5, 0.6) is 0 Å². The molecule has 3 aliphatic rings. The smallest absolute Gasteiger partial charge is 0.251 e. The number of aryl methyl sites for hydroxylation is 1. The molecule has 25 heavy (non-hydrogen) atoms. The lowest BCUT2D eigenvalue weighted by atomic mass is 10.1. The molecule has 136 valence electrons. The number of ether oxygens (including phenoxy) is 1. The number of carbonyl (C=O) groups excluding carboxylic acids is 1. The third-order valence-electron chi connectivity index (χ3n) is 5.39. The van der Waals surface area contributed by atoms with Crippen molar-refractivity contribution in [2.45, 2.75) is 70.4 Å². The summed E-state index contributed by atoms with van der Waals surface area (Å²) in [6.45, 7) is 4.27. The number of anilines is 1. The van der Waals surface area contributed by atoms with Crippen LogP contribution in [0.25, 0.3) is 0 Å². The number of nitrogens with one attached hydrogen (secondary N) is 1. The summed E-state index contributed by atoms with van der Waals surface area (Å²) in [6, 6.07) is 0.570. The molecule has 0 spiro atoms. The fraction of sp³-hybridized carbons (Fsp3) is 0.737. The van der Waals surface area contributed by atoms with Crippen LogP contribution < -0.4 is 5.32 Å². The molecule has 3 heterocycles. The van der Waals surface area contributed by atoms with Crippen molar-refractivity contribution in [1.82, 2.24) is 14.9 Å². The molecule has 0 bridgehead atoms. The summed E-state index contributed by atoms with van der Waals surface area (Å²) < 4.78 is 5.70. The zero-order chi connectivity index (χ0) is 17.2. The molecule has 6 heteroatoms. The Balaban J connectivity index is 1.51. The molecule has 1 aromatic rings. The third kappa shape index (κ3) is 3.78. The molecular formula is C19H28N4O2. The molecule has 1 aromatic heterocycles. The minimum atomic E-state index is -0.240. The van der Waals surface area contributed by atoms with Gasteiger partial charge in [0, 0.05) is 44.1 Å². The molecule has 0 radical (unpaired) electrons. The van der Waals surface area contributed by atoms with Crippen LogP contribution in [0.4, 0.5) is 5.82 Å². The zero-order valence-corrected chi connectivity index (χ0v) is 15.1. The lowest BCUT2D eigenvalue weighted by molar-refractivity contribution is -0.146. The molecule has 1 amide bonds. The van der Waals surface area contributed by atoms with Gasteiger partial charge < -0.3 is 15.0 Å². The van der Waals surface area contributed by atoms with Crippen molar-refractivity contribution >= 4 is 11.7 Å². The Bertz CT molecular complexity index is 639. The maximum atomic E-state index is 12.8. The molecule has 1 saturated carbocycles. The van der Waals surface area contributed by atoms with Gasteiger partial charge in [-0.2, -0.15) is 0 Å². The Kier molecular flexibility index (Phi) is 4.88. The van der Waals surface area contributed by atoms with Crippen LogP contribution in [0.1, 0.15) is 56.1 Å². The highest BCUT2D eigenvalue weighted by Gasteiger charge is 2.30. The van der Waals surface area contributed by atoms with Gasteiger partial charge in [0.1, 0.15) is 17.7 Å². The SMILES string of the molecule is CCc1nc2c(c(NC3CC3)n1)CCN(C(=O)[C@@H]1CCCCO1)CC2. The topological polar surface area (TPSA) is 67.4 Å². The van der Waals surface area contributed by atoms with Crippen LogP contribution in [0.3, 0.4) is 0 Å². The molecule has 0 aromatic carbocycles. The van der Waals surface area contributed by atoms with Gasteiger partial charge in [-0.05, 0) is 38.5 Å². The predicted octanol–water partition coefficient (Wildman–Crippen LogP) is 2.11. The van der Waals surface area contributed by atoms with Gasteiger partial charge in [0.25, 0.3) is 5.91 Å².